The maximum absolute atomic E-state index is 12.3. The molecule has 4 aromatic rings. The molecule has 1 aromatic heterocycles. The molecule has 0 saturated heterocycles. The van der Waals surface area contributed by atoms with E-state index in [4.69, 9.17) is 4.74 Å². The summed E-state index contributed by atoms with van der Waals surface area (Å²) < 4.78 is 5.82. The minimum atomic E-state index is -0.660. The Morgan fingerprint density at radius 2 is 1.79 bits per heavy atom. The van der Waals surface area contributed by atoms with Gasteiger partial charge in [-0.15, -0.1) is 0 Å². The average molecular weight is 519 g/mol. The smallest absolute Gasteiger partial charge is 0.343 e. The van der Waals surface area contributed by atoms with Crippen LogP contribution in [0.15, 0.2) is 88.4 Å². The van der Waals surface area contributed by atoms with E-state index in [9.17, 15) is 19.7 Å². The third-order valence-electron chi connectivity index (χ3n) is 4.68. The average Bonchev–Trinajstić information content (AvgIpc) is 2.85. The van der Waals surface area contributed by atoms with Crippen LogP contribution in [0.3, 0.4) is 0 Å². The van der Waals surface area contributed by atoms with Crippen LogP contribution in [0, 0.1) is 10.1 Å². The fourth-order valence-corrected chi connectivity index (χ4v) is 3.45. The van der Waals surface area contributed by atoms with Crippen molar-refractivity contribution in [2.75, 3.05) is 0 Å². The second kappa shape index (κ2) is 10.0. The summed E-state index contributed by atoms with van der Waals surface area (Å²) in [6, 6.07) is 20.9. The Morgan fingerprint density at radius 3 is 2.53 bits per heavy atom. The van der Waals surface area contributed by atoms with Gasteiger partial charge in [-0.3, -0.25) is 14.9 Å². The molecule has 0 aliphatic carbocycles. The molecule has 0 bridgehead atoms. The molecule has 0 spiro atoms. The minimum absolute atomic E-state index is 0.121. The van der Waals surface area contributed by atoms with Crippen molar-refractivity contribution in [3.05, 3.63) is 110 Å². The molecule has 0 radical (unpaired) electrons. The number of benzene rings is 3. The highest BCUT2D eigenvalue weighted by atomic mass is 79.9. The maximum atomic E-state index is 12.3. The van der Waals surface area contributed by atoms with Crippen LogP contribution in [0.5, 0.6) is 5.75 Å². The Kier molecular flexibility index (Phi) is 6.69. The Balaban J connectivity index is 1.38. The first-order chi connectivity index (χ1) is 16.4. The fourth-order valence-electron chi connectivity index (χ4n) is 2.97. The fraction of sp³-hybridized carbons (Fsp3) is 0. The van der Waals surface area contributed by atoms with Crippen LogP contribution in [0.4, 0.5) is 5.69 Å². The molecule has 34 heavy (non-hydrogen) atoms. The summed E-state index contributed by atoms with van der Waals surface area (Å²) in [5.74, 6) is -0.855. The second-order valence-corrected chi connectivity index (χ2v) is 7.83. The van der Waals surface area contributed by atoms with Crippen LogP contribution in [-0.4, -0.2) is 28.0 Å². The number of carbonyl (C=O) groups excluding carboxylic acids is 2. The van der Waals surface area contributed by atoms with Gasteiger partial charge in [0.15, 0.2) is 0 Å². The van der Waals surface area contributed by atoms with Gasteiger partial charge in [0.25, 0.3) is 11.6 Å². The number of halogens is 1. The number of rotatable bonds is 6. The molecule has 168 valence electrons. The molecule has 1 N–H and O–H groups in total. The Hall–Kier alpha value is -4.44. The van der Waals surface area contributed by atoms with Crippen molar-refractivity contribution in [2.45, 2.75) is 0 Å². The van der Waals surface area contributed by atoms with Crippen LogP contribution in [0.1, 0.15) is 26.4 Å². The molecule has 9 nitrogen and oxygen atoms in total. The van der Waals surface area contributed by atoms with Crippen molar-refractivity contribution < 1.29 is 19.2 Å². The summed E-state index contributed by atoms with van der Waals surface area (Å²) in [6.45, 7) is 0. The summed E-state index contributed by atoms with van der Waals surface area (Å²) in [6.07, 6.45) is 1.44. The lowest BCUT2D eigenvalue weighted by atomic mass is 10.2. The van der Waals surface area contributed by atoms with E-state index in [1.165, 1.54) is 30.5 Å². The maximum Gasteiger partial charge on any atom is 0.343 e. The number of nitrogens with zero attached hydrogens (tertiary/aromatic N) is 3. The number of carbonyl (C=O) groups is 2. The summed E-state index contributed by atoms with van der Waals surface area (Å²) in [7, 11) is 0. The zero-order valence-corrected chi connectivity index (χ0v) is 18.9. The van der Waals surface area contributed by atoms with Crippen molar-refractivity contribution in [1.29, 1.82) is 0 Å². The molecule has 0 aliphatic heterocycles. The number of aromatic nitrogens is 1. The molecule has 0 fully saturated rings. The number of nitrogens with one attached hydrogen (secondary N) is 1. The highest BCUT2D eigenvalue weighted by molar-refractivity contribution is 9.10. The number of pyridine rings is 1. The Morgan fingerprint density at radius 1 is 1.03 bits per heavy atom. The predicted molar refractivity (Wildman–Crippen MR) is 129 cm³/mol. The number of hydrogen-bond donors (Lipinski definition) is 1. The van der Waals surface area contributed by atoms with Crippen LogP contribution in [-0.2, 0) is 0 Å². The summed E-state index contributed by atoms with van der Waals surface area (Å²) >= 11 is 3.33. The van der Waals surface area contributed by atoms with Gasteiger partial charge in [0.05, 0.1) is 26.7 Å². The molecular formula is C24H15BrN4O5. The lowest BCUT2D eigenvalue weighted by molar-refractivity contribution is -0.384. The number of nitro groups is 1. The van der Waals surface area contributed by atoms with Crippen LogP contribution in [0.2, 0.25) is 0 Å². The van der Waals surface area contributed by atoms with Gasteiger partial charge < -0.3 is 4.74 Å². The Labute approximate surface area is 201 Å². The van der Waals surface area contributed by atoms with Gasteiger partial charge in [-0.1, -0.05) is 24.3 Å². The monoisotopic (exact) mass is 518 g/mol. The summed E-state index contributed by atoms with van der Waals surface area (Å²) in [5.41, 5.74) is 4.07. The number of hydrazone groups is 1. The van der Waals surface area contributed by atoms with Crippen LogP contribution in [0.25, 0.3) is 10.9 Å². The highest BCUT2D eigenvalue weighted by Gasteiger charge is 2.13. The summed E-state index contributed by atoms with van der Waals surface area (Å²) in [4.78, 5) is 39.1. The van der Waals surface area contributed by atoms with Gasteiger partial charge in [-0.2, -0.15) is 5.10 Å². The van der Waals surface area contributed by atoms with E-state index in [0.717, 1.165) is 5.39 Å². The van der Waals surface area contributed by atoms with Gasteiger partial charge in [0.1, 0.15) is 11.4 Å². The zero-order chi connectivity index (χ0) is 24.1. The molecule has 0 unspecified atom stereocenters. The number of non-ortho nitro benzene ring substituents is 1. The minimum Gasteiger partial charge on any atom is -0.422 e. The number of fused-ring (bicyclic) bond motifs is 1. The third kappa shape index (κ3) is 5.30. The first-order valence-electron chi connectivity index (χ1n) is 9.86. The van der Waals surface area contributed by atoms with Crippen molar-refractivity contribution in [1.82, 2.24) is 10.4 Å². The number of amides is 1. The number of nitro benzene ring substituents is 1. The SMILES string of the molecule is O=C(Oc1ccc(/C=N/NC(=O)c2ccc3ccccc3n2)cc1Br)c1ccc([N+](=O)[O-])cc1. The molecule has 4 rings (SSSR count). The zero-order valence-electron chi connectivity index (χ0n) is 17.3. The van der Waals surface area contributed by atoms with Crippen LogP contribution < -0.4 is 10.2 Å². The van der Waals surface area contributed by atoms with Crippen molar-refractivity contribution in [3.63, 3.8) is 0 Å². The van der Waals surface area contributed by atoms with E-state index in [-0.39, 0.29) is 22.7 Å². The topological polar surface area (TPSA) is 124 Å². The van der Waals surface area contributed by atoms with E-state index in [1.54, 1.807) is 24.3 Å². The third-order valence-corrected chi connectivity index (χ3v) is 5.30. The number of hydrogen-bond acceptors (Lipinski definition) is 7. The van der Waals surface area contributed by atoms with Crippen molar-refractivity contribution in [2.24, 2.45) is 5.10 Å². The van der Waals surface area contributed by atoms with E-state index >= 15 is 0 Å². The molecule has 0 atom stereocenters. The standard InChI is InChI=1S/C24H15BrN4O5/c25-19-13-15(5-12-22(19)34-24(31)17-6-9-18(10-7-17)29(32)33)14-26-28-23(30)21-11-8-16-3-1-2-4-20(16)27-21/h1-14H,(H,28,30)/b26-14+. The molecule has 10 heteroatoms. The van der Waals surface area contributed by atoms with E-state index in [2.05, 4.69) is 31.4 Å². The number of ether oxygens (including phenoxy) is 1. The second-order valence-electron chi connectivity index (χ2n) is 6.97. The lowest BCUT2D eigenvalue weighted by Gasteiger charge is -2.07. The van der Waals surface area contributed by atoms with E-state index < -0.39 is 16.8 Å². The van der Waals surface area contributed by atoms with E-state index in [0.29, 0.717) is 15.6 Å². The molecule has 0 saturated carbocycles. The quantitative estimate of drug-likeness (QED) is 0.127. The number of para-hydroxylation sites is 1. The molecule has 3 aromatic carbocycles. The van der Waals surface area contributed by atoms with Gasteiger partial charge in [-0.25, -0.2) is 15.2 Å². The van der Waals surface area contributed by atoms with Gasteiger partial charge in [0, 0.05) is 17.5 Å². The number of esters is 1. The lowest BCUT2D eigenvalue weighted by Crippen LogP contribution is -2.18. The first-order valence-corrected chi connectivity index (χ1v) is 10.7. The van der Waals surface area contributed by atoms with E-state index in [1.807, 2.05) is 30.3 Å². The first kappa shape index (κ1) is 22.7. The molecule has 1 heterocycles. The molecule has 1 amide bonds. The van der Waals surface area contributed by atoms with Gasteiger partial charge in [0.2, 0.25) is 0 Å². The normalized spacial score (nSPS) is 10.9. The Bertz CT molecular complexity index is 1440. The van der Waals surface area contributed by atoms with Crippen LogP contribution >= 0.6 is 15.9 Å². The molecule has 0 aliphatic rings. The predicted octanol–water partition coefficient (Wildman–Crippen LogP) is 4.89. The van der Waals surface area contributed by atoms with Gasteiger partial charge >= 0.3 is 5.97 Å². The highest BCUT2D eigenvalue weighted by Crippen LogP contribution is 2.26. The van der Waals surface area contributed by atoms with Gasteiger partial charge in [-0.05, 0) is 64.0 Å². The molecular weight excluding hydrogens is 504 g/mol. The largest absolute Gasteiger partial charge is 0.422 e. The van der Waals surface area contributed by atoms with Crippen molar-refractivity contribution in [3.8, 4) is 5.75 Å². The summed E-state index contributed by atoms with van der Waals surface area (Å²) in [5, 5.41) is 15.6. The van der Waals surface area contributed by atoms with Crippen molar-refractivity contribution >= 4 is 50.6 Å².